The van der Waals surface area contributed by atoms with Crippen LogP contribution in [0.4, 0.5) is 0 Å². The Balaban J connectivity index is 1.98. The molecule has 0 spiro atoms. The molecule has 2 aliphatic heterocycles. The Morgan fingerprint density at radius 2 is 2.00 bits per heavy atom. The van der Waals surface area contributed by atoms with Gasteiger partial charge in [-0.1, -0.05) is 6.92 Å². The van der Waals surface area contributed by atoms with Gasteiger partial charge in [-0.3, -0.25) is 14.6 Å². The van der Waals surface area contributed by atoms with Crippen molar-refractivity contribution in [2.45, 2.75) is 38.8 Å². The number of nitrogens with zero attached hydrogens (tertiary/aromatic N) is 2. The molecule has 5 heteroatoms. The minimum Gasteiger partial charge on any atom is -0.379 e. The van der Waals surface area contributed by atoms with E-state index in [0.29, 0.717) is 0 Å². The van der Waals surface area contributed by atoms with Gasteiger partial charge in [0.05, 0.1) is 19.3 Å². The van der Waals surface area contributed by atoms with Crippen molar-refractivity contribution in [3.63, 3.8) is 0 Å². The molecular formula is C14H27N3O2. The van der Waals surface area contributed by atoms with E-state index in [1.54, 1.807) is 0 Å². The molecule has 1 unspecified atom stereocenters. The lowest BCUT2D eigenvalue weighted by Crippen LogP contribution is -2.62. The molecule has 110 valence electrons. The molecule has 19 heavy (non-hydrogen) atoms. The summed E-state index contributed by atoms with van der Waals surface area (Å²) in [5.74, 6) is 0.187. The smallest absolute Gasteiger partial charge is 0.237 e. The van der Waals surface area contributed by atoms with Crippen molar-refractivity contribution in [2.24, 2.45) is 0 Å². The summed E-state index contributed by atoms with van der Waals surface area (Å²) in [5, 5.41) is 2.96. The second-order valence-electron chi connectivity index (χ2n) is 6.10. The second kappa shape index (κ2) is 6.20. The number of amides is 1. The van der Waals surface area contributed by atoms with Gasteiger partial charge in [-0.15, -0.1) is 0 Å². The molecule has 0 aromatic rings. The number of hydrogen-bond donors (Lipinski definition) is 1. The number of rotatable bonds is 4. The van der Waals surface area contributed by atoms with E-state index in [0.717, 1.165) is 52.4 Å². The normalized spacial score (nSPS) is 27.3. The molecule has 1 atom stereocenters. The van der Waals surface area contributed by atoms with Gasteiger partial charge in [0.25, 0.3) is 0 Å². The third-order valence-electron chi connectivity index (χ3n) is 4.29. The highest BCUT2D eigenvalue weighted by atomic mass is 16.5. The number of piperazine rings is 1. The lowest BCUT2D eigenvalue weighted by Gasteiger charge is -2.46. The molecule has 2 aliphatic rings. The largest absolute Gasteiger partial charge is 0.379 e. The number of ether oxygens (including phenoxy) is 1. The topological polar surface area (TPSA) is 44.8 Å². The first kappa shape index (κ1) is 14.8. The zero-order chi connectivity index (χ0) is 13.9. The lowest BCUT2D eigenvalue weighted by atomic mass is 9.98. The van der Waals surface area contributed by atoms with Crippen LogP contribution < -0.4 is 5.32 Å². The number of carbonyl (C=O) groups is 1. The summed E-state index contributed by atoms with van der Waals surface area (Å²) in [4.78, 5) is 16.7. The predicted octanol–water partition coefficient (Wildman–Crippen LogP) is 0.308. The molecule has 0 saturated carbocycles. The molecule has 0 radical (unpaired) electrons. The predicted molar refractivity (Wildman–Crippen MR) is 75.1 cm³/mol. The molecular weight excluding hydrogens is 242 g/mol. The van der Waals surface area contributed by atoms with Gasteiger partial charge >= 0.3 is 0 Å². The summed E-state index contributed by atoms with van der Waals surface area (Å²) in [6, 6.07) is 0.0362. The van der Waals surface area contributed by atoms with Crippen LogP contribution in [0.2, 0.25) is 0 Å². The molecule has 2 rings (SSSR count). The molecule has 0 aromatic heterocycles. The zero-order valence-corrected chi connectivity index (χ0v) is 12.4. The molecule has 2 fully saturated rings. The molecule has 0 aromatic carbocycles. The number of hydrogen-bond acceptors (Lipinski definition) is 4. The Morgan fingerprint density at radius 3 is 2.63 bits per heavy atom. The van der Waals surface area contributed by atoms with Gasteiger partial charge in [0.15, 0.2) is 0 Å². The SMILES string of the molecule is CCC1C(=O)NCCN1CC(C)(C)N1CCOCC1. The standard InChI is InChI=1S/C14H27N3O2/c1-4-12-13(18)15-5-6-16(12)11-14(2,3)17-7-9-19-10-8-17/h12H,4-11H2,1-3H3,(H,15,18). The van der Waals surface area contributed by atoms with E-state index >= 15 is 0 Å². The maximum atomic E-state index is 11.9. The van der Waals surface area contributed by atoms with Gasteiger partial charge in [0.1, 0.15) is 0 Å². The van der Waals surface area contributed by atoms with Crippen LogP contribution in [-0.4, -0.2) is 73.2 Å². The summed E-state index contributed by atoms with van der Waals surface area (Å²) in [6.45, 7) is 12.9. The molecule has 1 amide bonds. The molecule has 2 saturated heterocycles. The van der Waals surface area contributed by atoms with E-state index in [-0.39, 0.29) is 17.5 Å². The Labute approximate surface area is 116 Å². The fourth-order valence-electron chi connectivity index (χ4n) is 3.16. The fourth-order valence-corrected chi connectivity index (χ4v) is 3.16. The Morgan fingerprint density at radius 1 is 1.32 bits per heavy atom. The summed E-state index contributed by atoms with van der Waals surface area (Å²) < 4.78 is 5.42. The van der Waals surface area contributed by atoms with Crippen LogP contribution >= 0.6 is 0 Å². The van der Waals surface area contributed by atoms with E-state index in [1.807, 2.05) is 0 Å². The molecule has 0 aliphatic carbocycles. The van der Waals surface area contributed by atoms with Gasteiger partial charge in [-0.2, -0.15) is 0 Å². The van der Waals surface area contributed by atoms with Crippen molar-refractivity contribution in [3.05, 3.63) is 0 Å². The van der Waals surface area contributed by atoms with Gasteiger partial charge < -0.3 is 10.1 Å². The summed E-state index contributed by atoms with van der Waals surface area (Å²) in [5.41, 5.74) is 0.0921. The highest BCUT2D eigenvalue weighted by Crippen LogP contribution is 2.20. The average Bonchev–Trinajstić information content (AvgIpc) is 2.40. The Bertz CT molecular complexity index is 314. The van der Waals surface area contributed by atoms with Crippen molar-refractivity contribution in [1.29, 1.82) is 0 Å². The molecule has 1 N–H and O–H groups in total. The molecule has 0 bridgehead atoms. The first-order valence-corrected chi connectivity index (χ1v) is 7.39. The van der Waals surface area contributed by atoms with Crippen LogP contribution in [0.15, 0.2) is 0 Å². The van der Waals surface area contributed by atoms with E-state index in [9.17, 15) is 4.79 Å². The minimum atomic E-state index is 0.0362. The van der Waals surface area contributed by atoms with Crippen molar-refractivity contribution in [1.82, 2.24) is 15.1 Å². The molecule has 2 heterocycles. The second-order valence-corrected chi connectivity index (χ2v) is 6.10. The van der Waals surface area contributed by atoms with Gasteiger partial charge in [0, 0.05) is 38.3 Å². The highest BCUT2D eigenvalue weighted by molar-refractivity contribution is 5.82. The lowest BCUT2D eigenvalue weighted by molar-refractivity contribution is -0.130. The van der Waals surface area contributed by atoms with Crippen LogP contribution in [-0.2, 0) is 9.53 Å². The van der Waals surface area contributed by atoms with E-state index < -0.39 is 0 Å². The van der Waals surface area contributed by atoms with Crippen LogP contribution in [0.1, 0.15) is 27.2 Å². The summed E-state index contributed by atoms with van der Waals surface area (Å²) in [7, 11) is 0. The minimum absolute atomic E-state index is 0.0362. The summed E-state index contributed by atoms with van der Waals surface area (Å²) in [6.07, 6.45) is 0.880. The van der Waals surface area contributed by atoms with Gasteiger partial charge in [-0.05, 0) is 20.3 Å². The van der Waals surface area contributed by atoms with Gasteiger partial charge in [0.2, 0.25) is 5.91 Å². The van der Waals surface area contributed by atoms with Crippen molar-refractivity contribution >= 4 is 5.91 Å². The van der Waals surface area contributed by atoms with E-state index in [1.165, 1.54) is 0 Å². The average molecular weight is 269 g/mol. The first-order valence-electron chi connectivity index (χ1n) is 7.39. The molecule has 5 nitrogen and oxygen atoms in total. The highest BCUT2D eigenvalue weighted by Gasteiger charge is 2.35. The van der Waals surface area contributed by atoms with Crippen LogP contribution in [0.3, 0.4) is 0 Å². The van der Waals surface area contributed by atoms with Crippen molar-refractivity contribution in [3.8, 4) is 0 Å². The maximum Gasteiger partial charge on any atom is 0.237 e. The number of nitrogens with one attached hydrogen (secondary N) is 1. The van der Waals surface area contributed by atoms with E-state index in [4.69, 9.17) is 4.74 Å². The Hall–Kier alpha value is -0.650. The monoisotopic (exact) mass is 269 g/mol. The van der Waals surface area contributed by atoms with Crippen LogP contribution in [0.5, 0.6) is 0 Å². The summed E-state index contributed by atoms with van der Waals surface area (Å²) >= 11 is 0. The van der Waals surface area contributed by atoms with Crippen molar-refractivity contribution < 1.29 is 9.53 Å². The van der Waals surface area contributed by atoms with E-state index in [2.05, 4.69) is 35.9 Å². The van der Waals surface area contributed by atoms with Crippen LogP contribution in [0.25, 0.3) is 0 Å². The van der Waals surface area contributed by atoms with Crippen LogP contribution in [0, 0.1) is 0 Å². The first-order chi connectivity index (χ1) is 9.04. The maximum absolute atomic E-state index is 11.9. The zero-order valence-electron chi connectivity index (χ0n) is 12.4. The third kappa shape index (κ3) is 3.46. The van der Waals surface area contributed by atoms with Crippen molar-refractivity contribution in [2.75, 3.05) is 45.9 Å². The number of carbonyl (C=O) groups excluding carboxylic acids is 1. The number of morpholine rings is 1. The van der Waals surface area contributed by atoms with Gasteiger partial charge in [-0.25, -0.2) is 0 Å². The quantitative estimate of drug-likeness (QED) is 0.798. The third-order valence-corrected chi connectivity index (χ3v) is 4.29. The Kier molecular flexibility index (Phi) is 4.81. The fraction of sp³-hybridized carbons (Fsp3) is 0.929.